The molecule has 1 aliphatic carbocycles. The summed E-state index contributed by atoms with van der Waals surface area (Å²) in [6, 6.07) is 22.7. The monoisotopic (exact) mass is 320 g/mol. The highest BCUT2D eigenvalue weighted by molar-refractivity contribution is 5.45. The minimum Gasteiger partial charge on any atom is -0.0654 e. The second-order valence-electron chi connectivity index (χ2n) is 7.50. The lowest BCUT2D eigenvalue weighted by Crippen LogP contribution is -2.12. The molecular weight excluding hydrogens is 288 g/mol. The second-order valence-corrected chi connectivity index (χ2v) is 7.50. The highest BCUT2D eigenvalue weighted by Gasteiger charge is 2.63. The molecular formula is C24H32. The van der Waals surface area contributed by atoms with Crippen molar-refractivity contribution < 1.29 is 0 Å². The van der Waals surface area contributed by atoms with E-state index in [-0.39, 0.29) is 0 Å². The van der Waals surface area contributed by atoms with Crippen molar-refractivity contribution in [3.63, 3.8) is 0 Å². The molecule has 3 unspecified atom stereocenters. The van der Waals surface area contributed by atoms with Crippen LogP contribution in [0.1, 0.15) is 75.8 Å². The Morgan fingerprint density at radius 1 is 0.750 bits per heavy atom. The van der Waals surface area contributed by atoms with E-state index in [0.717, 1.165) is 5.92 Å². The average molecular weight is 321 g/mol. The molecule has 128 valence electrons. The molecule has 3 rings (SSSR count). The maximum atomic E-state index is 2.38. The van der Waals surface area contributed by atoms with Crippen molar-refractivity contribution in [3.8, 4) is 0 Å². The summed E-state index contributed by atoms with van der Waals surface area (Å²) in [6.45, 7) is 4.63. The maximum Gasteiger partial charge on any atom is 0.00589 e. The maximum absolute atomic E-state index is 2.38. The van der Waals surface area contributed by atoms with E-state index in [0.29, 0.717) is 11.3 Å². The highest BCUT2D eigenvalue weighted by atomic mass is 14.7. The first kappa shape index (κ1) is 17.3. The number of hydrogen-bond donors (Lipinski definition) is 0. The third-order valence-electron chi connectivity index (χ3n) is 6.04. The molecule has 0 aromatic heterocycles. The topological polar surface area (TPSA) is 0 Å². The van der Waals surface area contributed by atoms with E-state index >= 15 is 0 Å². The van der Waals surface area contributed by atoms with Crippen LogP contribution in [0.25, 0.3) is 0 Å². The summed E-state index contributed by atoms with van der Waals surface area (Å²) in [4.78, 5) is 0. The van der Waals surface area contributed by atoms with Crippen LogP contribution in [0, 0.1) is 5.92 Å². The summed E-state index contributed by atoms with van der Waals surface area (Å²) in [6.07, 6.45) is 9.40. The molecule has 0 radical (unpaired) electrons. The van der Waals surface area contributed by atoms with Crippen LogP contribution in [-0.4, -0.2) is 0 Å². The summed E-state index contributed by atoms with van der Waals surface area (Å²) < 4.78 is 0. The second kappa shape index (κ2) is 8.01. The Balaban J connectivity index is 1.94. The van der Waals surface area contributed by atoms with Gasteiger partial charge in [-0.2, -0.15) is 0 Å². The first-order valence-corrected chi connectivity index (χ1v) is 9.95. The lowest BCUT2D eigenvalue weighted by Gasteiger charge is -2.20. The van der Waals surface area contributed by atoms with Crippen molar-refractivity contribution >= 4 is 0 Å². The quantitative estimate of drug-likeness (QED) is 0.432. The predicted molar refractivity (Wildman–Crippen MR) is 104 cm³/mol. The zero-order chi connectivity index (χ0) is 16.8. The van der Waals surface area contributed by atoms with Crippen LogP contribution in [0.3, 0.4) is 0 Å². The van der Waals surface area contributed by atoms with Gasteiger partial charge in [0.25, 0.3) is 0 Å². The zero-order valence-electron chi connectivity index (χ0n) is 15.4. The van der Waals surface area contributed by atoms with Crippen LogP contribution in [0.5, 0.6) is 0 Å². The Kier molecular flexibility index (Phi) is 5.76. The minimum atomic E-state index is 0.382. The SMILES string of the molecule is CCCCCC1(c2ccccc2)C(CCCC)C1c1ccccc1. The van der Waals surface area contributed by atoms with Crippen molar-refractivity contribution in [1.82, 2.24) is 0 Å². The summed E-state index contributed by atoms with van der Waals surface area (Å²) in [7, 11) is 0. The molecule has 0 amide bonds. The number of benzene rings is 2. The van der Waals surface area contributed by atoms with Crippen LogP contribution < -0.4 is 0 Å². The number of unbranched alkanes of at least 4 members (excludes halogenated alkanes) is 3. The third-order valence-corrected chi connectivity index (χ3v) is 6.04. The molecule has 0 heteroatoms. The zero-order valence-corrected chi connectivity index (χ0v) is 15.4. The Labute approximate surface area is 148 Å². The Morgan fingerprint density at radius 2 is 1.38 bits per heavy atom. The van der Waals surface area contributed by atoms with Gasteiger partial charge in [-0.15, -0.1) is 0 Å². The van der Waals surface area contributed by atoms with E-state index in [2.05, 4.69) is 74.5 Å². The first-order valence-electron chi connectivity index (χ1n) is 9.95. The van der Waals surface area contributed by atoms with E-state index in [1.165, 1.54) is 44.9 Å². The smallest absolute Gasteiger partial charge is 0.00589 e. The number of hydrogen-bond acceptors (Lipinski definition) is 0. The highest BCUT2D eigenvalue weighted by Crippen LogP contribution is 2.69. The fourth-order valence-corrected chi connectivity index (χ4v) is 4.85. The molecule has 3 atom stereocenters. The molecule has 0 aliphatic heterocycles. The molecule has 2 aromatic carbocycles. The Morgan fingerprint density at radius 3 is 2.00 bits per heavy atom. The number of rotatable bonds is 9. The van der Waals surface area contributed by atoms with Gasteiger partial charge in [-0.1, -0.05) is 107 Å². The fourth-order valence-electron chi connectivity index (χ4n) is 4.85. The van der Waals surface area contributed by atoms with Crippen molar-refractivity contribution in [2.45, 2.75) is 70.1 Å². The van der Waals surface area contributed by atoms with Crippen molar-refractivity contribution in [2.75, 3.05) is 0 Å². The van der Waals surface area contributed by atoms with Crippen LogP contribution in [0.15, 0.2) is 60.7 Å². The van der Waals surface area contributed by atoms with Gasteiger partial charge in [-0.25, -0.2) is 0 Å². The molecule has 0 nitrogen and oxygen atoms in total. The molecule has 1 fully saturated rings. The third kappa shape index (κ3) is 3.29. The molecule has 0 N–H and O–H groups in total. The Bertz CT molecular complexity index is 600. The fraction of sp³-hybridized carbons (Fsp3) is 0.500. The molecule has 24 heavy (non-hydrogen) atoms. The molecule has 1 aliphatic rings. The summed E-state index contributed by atoms with van der Waals surface area (Å²) >= 11 is 0. The van der Waals surface area contributed by atoms with Gasteiger partial charge >= 0.3 is 0 Å². The van der Waals surface area contributed by atoms with Crippen LogP contribution in [0.2, 0.25) is 0 Å². The van der Waals surface area contributed by atoms with Crippen molar-refractivity contribution in [1.29, 1.82) is 0 Å². The van der Waals surface area contributed by atoms with Gasteiger partial charge in [-0.3, -0.25) is 0 Å². The summed E-state index contributed by atoms with van der Waals surface area (Å²) in [5, 5.41) is 0. The lowest BCUT2D eigenvalue weighted by molar-refractivity contribution is 0.487. The van der Waals surface area contributed by atoms with Gasteiger partial charge in [0.05, 0.1) is 0 Å². The first-order chi connectivity index (χ1) is 11.8. The predicted octanol–water partition coefficient (Wildman–Crippen LogP) is 7.11. The summed E-state index contributed by atoms with van der Waals surface area (Å²) in [5.74, 6) is 1.53. The van der Waals surface area contributed by atoms with Gasteiger partial charge in [0.2, 0.25) is 0 Å². The molecule has 0 spiro atoms. The van der Waals surface area contributed by atoms with E-state index in [9.17, 15) is 0 Å². The lowest BCUT2D eigenvalue weighted by atomic mass is 9.84. The summed E-state index contributed by atoms with van der Waals surface area (Å²) in [5.41, 5.74) is 3.52. The largest absolute Gasteiger partial charge is 0.0654 e. The van der Waals surface area contributed by atoms with Gasteiger partial charge in [0.1, 0.15) is 0 Å². The molecule has 0 bridgehead atoms. The van der Waals surface area contributed by atoms with E-state index in [1.807, 2.05) is 0 Å². The van der Waals surface area contributed by atoms with Crippen LogP contribution >= 0.6 is 0 Å². The normalized spacial score (nSPS) is 25.6. The standard InChI is InChI=1S/C24H32/c1-3-5-13-19-24(21-16-11-8-12-17-21)22(18-6-4-2)23(24)20-14-9-7-10-15-20/h7-12,14-17,22-23H,3-6,13,18-19H2,1-2H3. The van der Waals surface area contributed by atoms with Crippen LogP contribution in [-0.2, 0) is 5.41 Å². The molecule has 0 saturated heterocycles. The molecule has 1 saturated carbocycles. The van der Waals surface area contributed by atoms with Crippen LogP contribution in [0.4, 0.5) is 0 Å². The van der Waals surface area contributed by atoms with Gasteiger partial charge in [-0.05, 0) is 35.8 Å². The van der Waals surface area contributed by atoms with E-state index in [4.69, 9.17) is 0 Å². The minimum absolute atomic E-state index is 0.382. The van der Waals surface area contributed by atoms with Gasteiger partial charge in [0.15, 0.2) is 0 Å². The average Bonchev–Trinajstić information content (AvgIpc) is 3.30. The van der Waals surface area contributed by atoms with Gasteiger partial charge in [0, 0.05) is 5.41 Å². The van der Waals surface area contributed by atoms with E-state index < -0.39 is 0 Å². The molecule has 0 heterocycles. The molecule has 2 aromatic rings. The Hall–Kier alpha value is -1.56. The van der Waals surface area contributed by atoms with Crippen molar-refractivity contribution in [2.24, 2.45) is 5.92 Å². The van der Waals surface area contributed by atoms with Crippen molar-refractivity contribution in [3.05, 3.63) is 71.8 Å². The van der Waals surface area contributed by atoms with Gasteiger partial charge < -0.3 is 0 Å². The van der Waals surface area contributed by atoms with E-state index in [1.54, 1.807) is 11.1 Å².